The Morgan fingerprint density at radius 1 is 1.11 bits per heavy atom. The molecule has 3 N–H and O–H groups in total. The van der Waals surface area contributed by atoms with E-state index in [2.05, 4.69) is 24.7 Å². The average molecular weight is 539 g/mol. The van der Waals surface area contributed by atoms with Crippen LogP contribution in [0.3, 0.4) is 0 Å². The van der Waals surface area contributed by atoms with Gasteiger partial charge >= 0.3 is 11.7 Å². The highest BCUT2D eigenvalue weighted by atomic mass is 32.2. The molecule has 2 aromatic heterocycles. The van der Waals surface area contributed by atoms with Crippen LogP contribution in [0.1, 0.15) is 11.1 Å². The first-order valence-electron chi connectivity index (χ1n) is 10.9. The molecule has 0 saturated carbocycles. The molecule has 0 aliphatic carbocycles. The van der Waals surface area contributed by atoms with Crippen LogP contribution in [0.4, 0.5) is 11.4 Å². The van der Waals surface area contributed by atoms with Gasteiger partial charge in [0.05, 0.1) is 36.7 Å². The molecule has 14 heteroatoms. The van der Waals surface area contributed by atoms with Gasteiger partial charge in [-0.1, -0.05) is 12.1 Å². The Labute approximate surface area is 216 Å². The monoisotopic (exact) mass is 538 g/mol. The number of methoxy groups -OCH3 is 2. The fourth-order valence-corrected chi connectivity index (χ4v) is 4.43. The molecule has 0 fully saturated rings. The molecule has 2 heterocycles. The van der Waals surface area contributed by atoms with Gasteiger partial charge in [-0.2, -0.15) is 4.98 Å². The minimum atomic E-state index is -4.04. The van der Waals surface area contributed by atoms with Gasteiger partial charge in [-0.3, -0.25) is 19.5 Å². The molecule has 4 aromatic rings. The number of aromatic nitrogens is 4. The molecule has 0 aliphatic heterocycles. The van der Waals surface area contributed by atoms with Gasteiger partial charge in [0.2, 0.25) is 11.8 Å². The van der Waals surface area contributed by atoms with Gasteiger partial charge in [0, 0.05) is 6.21 Å². The van der Waals surface area contributed by atoms with Crippen molar-refractivity contribution < 1.29 is 23.0 Å². The summed E-state index contributed by atoms with van der Waals surface area (Å²) in [4.78, 5) is 38.7. The molecule has 0 amide bonds. The number of ether oxygens (including phenoxy) is 2. The first kappa shape index (κ1) is 26.1. The Morgan fingerprint density at radius 2 is 1.84 bits per heavy atom. The molecular formula is C24H22N6O7S. The van der Waals surface area contributed by atoms with E-state index in [1.165, 1.54) is 44.7 Å². The van der Waals surface area contributed by atoms with E-state index >= 15 is 0 Å². The second-order valence-corrected chi connectivity index (χ2v) is 9.49. The zero-order valence-electron chi connectivity index (χ0n) is 20.4. The van der Waals surface area contributed by atoms with Crippen molar-refractivity contribution in [3.63, 3.8) is 0 Å². The van der Waals surface area contributed by atoms with Crippen LogP contribution in [0.5, 0.6) is 17.8 Å². The first-order valence-corrected chi connectivity index (χ1v) is 12.4. The molecule has 196 valence electrons. The number of sulfonamides is 1. The van der Waals surface area contributed by atoms with Crippen molar-refractivity contribution in [1.29, 1.82) is 0 Å². The van der Waals surface area contributed by atoms with E-state index in [0.717, 1.165) is 16.3 Å². The summed E-state index contributed by atoms with van der Waals surface area (Å²) >= 11 is 0. The molecule has 0 aliphatic rings. The minimum absolute atomic E-state index is 0.00572. The SMILES string of the molecule is COc1ncc(NS(=O)(=O)c2ccc(N=Cc3c(O)n(-c4cccc(C)c4)c(=O)[nH]c3=O)cc2)c(OC)n1. The van der Waals surface area contributed by atoms with Crippen LogP contribution in [-0.4, -0.2) is 53.5 Å². The topological polar surface area (TPSA) is 178 Å². The molecule has 0 atom stereocenters. The van der Waals surface area contributed by atoms with E-state index < -0.39 is 27.2 Å². The predicted octanol–water partition coefficient (Wildman–Crippen LogP) is 1.90. The fourth-order valence-electron chi connectivity index (χ4n) is 3.39. The number of rotatable bonds is 8. The number of H-pyrrole nitrogens is 1. The lowest BCUT2D eigenvalue weighted by Crippen LogP contribution is -2.31. The van der Waals surface area contributed by atoms with Crippen molar-refractivity contribution in [2.24, 2.45) is 4.99 Å². The molecule has 13 nitrogen and oxygen atoms in total. The van der Waals surface area contributed by atoms with E-state index in [1.54, 1.807) is 18.2 Å². The fraction of sp³-hybridized carbons (Fsp3) is 0.125. The van der Waals surface area contributed by atoms with Gasteiger partial charge in [0.25, 0.3) is 15.6 Å². The number of nitrogens with one attached hydrogen (secondary N) is 2. The molecule has 0 unspecified atom stereocenters. The molecular weight excluding hydrogens is 516 g/mol. The van der Waals surface area contributed by atoms with Crippen molar-refractivity contribution in [3.8, 4) is 23.5 Å². The van der Waals surface area contributed by atoms with Crippen LogP contribution in [0.25, 0.3) is 5.69 Å². The lowest BCUT2D eigenvalue weighted by Gasteiger charge is -2.11. The van der Waals surface area contributed by atoms with Gasteiger partial charge in [0.15, 0.2) is 0 Å². The first-order chi connectivity index (χ1) is 18.1. The van der Waals surface area contributed by atoms with Crippen molar-refractivity contribution in [3.05, 3.63) is 86.7 Å². The maximum Gasteiger partial charge on any atom is 0.335 e. The third-order valence-electron chi connectivity index (χ3n) is 5.22. The van der Waals surface area contributed by atoms with Gasteiger partial charge in [-0.05, 0) is 48.9 Å². The Balaban J connectivity index is 1.60. The number of aryl methyl sites for hydroxylation is 1. The molecule has 2 aromatic carbocycles. The molecule has 0 spiro atoms. The van der Waals surface area contributed by atoms with Crippen molar-refractivity contribution in [1.82, 2.24) is 19.5 Å². The van der Waals surface area contributed by atoms with E-state index in [0.29, 0.717) is 5.69 Å². The molecule has 0 bridgehead atoms. The Bertz CT molecular complexity index is 1750. The number of nitrogens with zero attached hydrogens (tertiary/aromatic N) is 4. The van der Waals surface area contributed by atoms with Crippen molar-refractivity contribution in [2.45, 2.75) is 11.8 Å². The van der Waals surface area contributed by atoms with Gasteiger partial charge < -0.3 is 14.6 Å². The highest BCUT2D eigenvalue weighted by Crippen LogP contribution is 2.26. The van der Waals surface area contributed by atoms with Crippen molar-refractivity contribution in [2.75, 3.05) is 18.9 Å². The summed E-state index contributed by atoms with van der Waals surface area (Å²) in [6, 6.07) is 12.2. The highest BCUT2D eigenvalue weighted by molar-refractivity contribution is 7.92. The van der Waals surface area contributed by atoms with Gasteiger partial charge in [-0.25, -0.2) is 22.8 Å². The van der Waals surface area contributed by atoms with Crippen LogP contribution in [0.2, 0.25) is 0 Å². The lowest BCUT2D eigenvalue weighted by atomic mass is 10.2. The summed E-state index contributed by atoms with van der Waals surface area (Å²) in [6.07, 6.45) is 2.29. The number of benzene rings is 2. The summed E-state index contributed by atoms with van der Waals surface area (Å²) in [6.45, 7) is 1.82. The third-order valence-corrected chi connectivity index (χ3v) is 6.60. The number of aromatic amines is 1. The summed E-state index contributed by atoms with van der Waals surface area (Å²) in [5.41, 5.74) is -0.404. The van der Waals surface area contributed by atoms with Crippen LogP contribution < -0.4 is 25.4 Å². The van der Waals surface area contributed by atoms with Crippen molar-refractivity contribution >= 4 is 27.6 Å². The standard InChI is InChI=1S/C24H22N6O7S/c1-14-5-4-6-16(11-14)30-22(32)18(20(31)27-24(30)33)12-25-15-7-9-17(10-8-15)38(34,35)29-19-13-26-23(37-3)28-21(19)36-2/h4-13,29,32H,1-3H3,(H,27,31,33). The molecule has 0 radical (unpaired) electrons. The maximum absolute atomic E-state index is 12.8. The number of hydrogen-bond acceptors (Lipinski definition) is 10. The van der Waals surface area contributed by atoms with Crippen LogP contribution in [0.15, 0.2) is 74.2 Å². The van der Waals surface area contributed by atoms with E-state index in [9.17, 15) is 23.1 Å². The number of hydrogen-bond donors (Lipinski definition) is 3. The maximum atomic E-state index is 12.8. The number of anilines is 1. The third kappa shape index (κ3) is 5.39. The van der Waals surface area contributed by atoms with E-state index in [-0.39, 0.29) is 33.7 Å². The normalized spacial score (nSPS) is 11.4. The second-order valence-electron chi connectivity index (χ2n) is 7.81. The molecule has 0 saturated heterocycles. The average Bonchev–Trinajstić information content (AvgIpc) is 2.88. The summed E-state index contributed by atoms with van der Waals surface area (Å²) < 4.78 is 38.9. The predicted molar refractivity (Wildman–Crippen MR) is 139 cm³/mol. The van der Waals surface area contributed by atoms with Gasteiger partial charge in [0.1, 0.15) is 11.3 Å². The van der Waals surface area contributed by atoms with E-state index in [1.807, 2.05) is 13.0 Å². The number of aliphatic imine (C=N–C) groups is 1. The Hall–Kier alpha value is -4.98. The zero-order chi connectivity index (χ0) is 27.4. The summed E-state index contributed by atoms with van der Waals surface area (Å²) in [5, 5.41) is 10.7. The van der Waals surface area contributed by atoms with Gasteiger partial charge in [-0.15, -0.1) is 0 Å². The summed E-state index contributed by atoms with van der Waals surface area (Å²) in [5.74, 6) is -0.620. The molecule has 4 rings (SSSR count). The van der Waals surface area contributed by atoms with Crippen LogP contribution >= 0.6 is 0 Å². The minimum Gasteiger partial charge on any atom is -0.493 e. The largest absolute Gasteiger partial charge is 0.493 e. The number of aromatic hydroxyl groups is 1. The van der Waals surface area contributed by atoms with Crippen LogP contribution in [-0.2, 0) is 10.0 Å². The zero-order valence-corrected chi connectivity index (χ0v) is 21.2. The van der Waals surface area contributed by atoms with Crippen LogP contribution in [0, 0.1) is 6.92 Å². The molecule has 38 heavy (non-hydrogen) atoms. The highest BCUT2D eigenvalue weighted by Gasteiger charge is 2.19. The van der Waals surface area contributed by atoms with E-state index in [4.69, 9.17) is 9.47 Å². The Kier molecular flexibility index (Phi) is 7.25. The quantitative estimate of drug-likeness (QED) is 0.283. The smallest absolute Gasteiger partial charge is 0.335 e. The second kappa shape index (κ2) is 10.6. The Morgan fingerprint density at radius 3 is 2.50 bits per heavy atom. The summed E-state index contributed by atoms with van der Waals surface area (Å²) in [7, 11) is -1.36. The lowest BCUT2D eigenvalue weighted by molar-refractivity contribution is 0.353.